The first-order valence-corrected chi connectivity index (χ1v) is 10.5. The lowest BCUT2D eigenvalue weighted by Crippen LogP contribution is -2.47. The van der Waals surface area contributed by atoms with Gasteiger partial charge in [-0.15, -0.1) is 0 Å². The Labute approximate surface area is 177 Å². The summed E-state index contributed by atoms with van der Waals surface area (Å²) < 4.78 is 10.9. The second-order valence-electron chi connectivity index (χ2n) is 8.23. The van der Waals surface area contributed by atoms with Crippen molar-refractivity contribution in [3.63, 3.8) is 0 Å². The number of benzene rings is 1. The molecule has 1 N–H and O–H groups in total. The van der Waals surface area contributed by atoms with Crippen LogP contribution in [0.1, 0.15) is 67.9 Å². The average molecular weight is 411 g/mol. The van der Waals surface area contributed by atoms with Gasteiger partial charge < -0.3 is 14.5 Å². The third-order valence-electron chi connectivity index (χ3n) is 6.07. The molecule has 0 bridgehead atoms. The molecule has 0 spiro atoms. The van der Waals surface area contributed by atoms with E-state index >= 15 is 0 Å². The number of ether oxygens (including phenoxy) is 1. The molecule has 1 saturated carbocycles. The molecule has 1 fully saturated rings. The van der Waals surface area contributed by atoms with Gasteiger partial charge in [-0.3, -0.25) is 9.59 Å². The molecule has 6 nitrogen and oxygen atoms in total. The highest BCUT2D eigenvalue weighted by atomic mass is 16.6. The van der Waals surface area contributed by atoms with Crippen LogP contribution in [0.4, 0.5) is 0 Å². The number of esters is 1. The molecule has 160 valence electrons. The van der Waals surface area contributed by atoms with Crippen molar-refractivity contribution in [3.8, 4) is 11.3 Å². The predicted octanol–water partition coefficient (Wildman–Crippen LogP) is 4.64. The predicted molar refractivity (Wildman–Crippen MR) is 113 cm³/mol. The van der Waals surface area contributed by atoms with E-state index in [1.54, 1.807) is 37.3 Å². The number of nitrogens with one attached hydrogen (secondary N) is 1. The van der Waals surface area contributed by atoms with E-state index in [0.717, 1.165) is 18.4 Å². The van der Waals surface area contributed by atoms with Crippen molar-refractivity contribution in [2.24, 2.45) is 11.8 Å². The number of rotatable bonds is 6. The molecular weight excluding hydrogens is 382 g/mol. The van der Waals surface area contributed by atoms with E-state index in [1.165, 1.54) is 19.4 Å². The van der Waals surface area contributed by atoms with Gasteiger partial charge in [0.2, 0.25) is 5.76 Å². The minimum absolute atomic E-state index is 0.0189. The summed E-state index contributed by atoms with van der Waals surface area (Å²) in [5.74, 6) is 0.476. The molecule has 1 aromatic carbocycles. The van der Waals surface area contributed by atoms with Gasteiger partial charge in [-0.1, -0.05) is 51.0 Å². The van der Waals surface area contributed by atoms with Gasteiger partial charge in [-0.25, -0.2) is 4.79 Å². The smallest absolute Gasteiger partial charge is 0.375 e. The highest BCUT2D eigenvalue weighted by Gasteiger charge is 2.30. The van der Waals surface area contributed by atoms with Gasteiger partial charge >= 0.3 is 5.97 Å². The van der Waals surface area contributed by atoms with E-state index in [2.05, 4.69) is 19.2 Å². The lowest BCUT2D eigenvalue weighted by molar-refractivity contribution is -0.130. The molecule has 3 rings (SSSR count). The molecule has 0 saturated heterocycles. The number of carbonyl (C=O) groups excluding carboxylic acids is 3. The Kier molecular flexibility index (Phi) is 6.75. The SMILES string of the molecule is CC(=O)c1ccc(-c2ccc(C(=O)O[C@H](C)C(=O)N[C@@H]3CCC[C@@H](C)[C@H]3C)o2)cc1. The molecule has 0 aliphatic heterocycles. The monoisotopic (exact) mass is 411 g/mol. The van der Waals surface area contributed by atoms with Crippen molar-refractivity contribution in [2.75, 3.05) is 0 Å². The van der Waals surface area contributed by atoms with E-state index in [9.17, 15) is 14.4 Å². The molecule has 6 heteroatoms. The first-order valence-electron chi connectivity index (χ1n) is 10.5. The summed E-state index contributed by atoms with van der Waals surface area (Å²) in [7, 11) is 0. The highest BCUT2D eigenvalue weighted by molar-refractivity contribution is 5.94. The standard InChI is InChI=1S/C24H29NO5/c1-14-6-5-7-20(15(14)2)25-23(27)17(4)29-24(28)22-13-12-21(30-22)19-10-8-18(9-11-19)16(3)26/h8-15,17,20H,5-7H2,1-4H3,(H,25,27)/t14-,15-,17-,20-/m1/s1. The average Bonchev–Trinajstić information content (AvgIpc) is 3.22. The zero-order valence-corrected chi connectivity index (χ0v) is 17.9. The Morgan fingerprint density at radius 1 is 1.07 bits per heavy atom. The minimum Gasteiger partial charge on any atom is -0.449 e. The molecule has 4 atom stereocenters. The molecule has 1 amide bonds. The van der Waals surface area contributed by atoms with E-state index < -0.39 is 12.1 Å². The molecule has 30 heavy (non-hydrogen) atoms. The molecule has 0 radical (unpaired) electrons. The maximum Gasteiger partial charge on any atom is 0.375 e. The second kappa shape index (κ2) is 9.28. The summed E-state index contributed by atoms with van der Waals surface area (Å²) in [6, 6.07) is 10.2. The van der Waals surface area contributed by atoms with Gasteiger partial charge in [0, 0.05) is 17.2 Å². The van der Waals surface area contributed by atoms with Gasteiger partial charge in [0.15, 0.2) is 11.9 Å². The second-order valence-corrected chi connectivity index (χ2v) is 8.23. The summed E-state index contributed by atoms with van der Waals surface area (Å²) in [5.41, 5.74) is 1.34. The van der Waals surface area contributed by atoms with Crippen LogP contribution in [0.2, 0.25) is 0 Å². The molecular formula is C24H29NO5. The number of carbonyl (C=O) groups is 3. The van der Waals surface area contributed by atoms with Crippen LogP contribution in [-0.2, 0) is 9.53 Å². The van der Waals surface area contributed by atoms with Crippen molar-refractivity contribution >= 4 is 17.7 Å². The van der Waals surface area contributed by atoms with Gasteiger partial charge in [0.1, 0.15) is 5.76 Å². The van der Waals surface area contributed by atoms with E-state index in [-0.39, 0.29) is 23.5 Å². The van der Waals surface area contributed by atoms with E-state index in [4.69, 9.17) is 9.15 Å². The van der Waals surface area contributed by atoms with Crippen molar-refractivity contribution in [3.05, 3.63) is 47.7 Å². The third-order valence-corrected chi connectivity index (χ3v) is 6.07. The highest BCUT2D eigenvalue weighted by Crippen LogP contribution is 2.29. The lowest BCUT2D eigenvalue weighted by Gasteiger charge is -2.35. The number of amides is 1. The normalized spacial score (nSPS) is 22.2. The Morgan fingerprint density at radius 2 is 1.77 bits per heavy atom. The summed E-state index contributed by atoms with van der Waals surface area (Å²) in [5, 5.41) is 3.03. The first kappa shape index (κ1) is 21.8. The Hall–Kier alpha value is -2.89. The van der Waals surface area contributed by atoms with Crippen molar-refractivity contribution in [2.45, 2.75) is 59.1 Å². The summed E-state index contributed by atoms with van der Waals surface area (Å²) in [6.07, 6.45) is 2.30. The minimum atomic E-state index is -0.912. The largest absolute Gasteiger partial charge is 0.449 e. The maximum absolute atomic E-state index is 12.5. The molecule has 2 aromatic rings. The Balaban J connectivity index is 1.59. The maximum atomic E-state index is 12.5. The van der Waals surface area contributed by atoms with Crippen LogP contribution in [-0.4, -0.2) is 29.8 Å². The van der Waals surface area contributed by atoms with E-state index in [1.807, 2.05) is 0 Å². The Bertz CT molecular complexity index is 914. The van der Waals surface area contributed by atoms with Gasteiger partial charge in [0.25, 0.3) is 5.91 Å². The molecule has 1 aromatic heterocycles. The summed E-state index contributed by atoms with van der Waals surface area (Å²) in [4.78, 5) is 36.3. The van der Waals surface area contributed by atoms with Gasteiger partial charge in [-0.2, -0.15) is 0 Å². The molecule has 0 unspecified atom stereocenters. The van der Waals surface area contributed by atoms with Crippen LogP contribution >= 0.6 is 0 Å². The number of Topliss-reactive ketones (excluding diaryl/α,β-unsaturated/α-hetero) is 1. The number of furan rings is 1. The molecule has 1 aliphatic rings. The fourth-order valence-corrected chi connectivity index (χ4v) is 3.83. The first-order chi connectivity index (χ1) is 14.3. The number of hydrogen-bond acceptors (Lipinski definition) is 5. The van der Waals surface area contributed by atoms with Crippen molar-refractivity contribution in [1.29, 1.82) is 0 Å². The third kappa shape index (κ3) is 4.99. The summed E-state index contributed by atoms with van der Waals surface area (Å²) >= 11 is 0. The van der Waals surface area contributed by atoms with Crippen LogP contribution in [0.25, 0.3) is 11.3 Å². The topological polar surface area (TPSA) is 85.6 Å². The molecule has 1 heterocycles. The lowest BCUT2D eigenvalue weighted by atomic mass is 9.78. The number of ketones is 1. The fraction of sp³-hybridized carbons (Fsp3) is 0.458. The van der Waals surface area contributed by atoms with Gasteiger partial charge in [-0.05, 0) is 44.2 Å². The van der Waals surface area contributed by atoms with Crippen LogP contribution in [0, 0.1) is 11.8 Å². The fourth-order valence-electron chi connectivity index (χ4n) is 3.83. The number of hydrogen-bond donors (Lipinski definition) is 1. The zero-order chi connectivity index (χ0) is 21.8. The van der Waals surface area contributed by atoms with Crippen LogP contribution in [0.15, 0.2) is 40.8 Å². The van der Waals surface area contributed by atoms with Crippen LogP contribution < -0.4 is 5.32 Å². The summed E-state index contributed by atoms with van der Waals surface area (Å²) in [6.45, 7) is 7.42. The van der Waals surface area contributed by atoms with Gasteiger partial charge in [0.05, 0.1) is 0 Å². The van der Waals surface area contributed by atoms with Crippen molar-refractivity contribution in [1.82, 2.24) is 5.32 Å². The van der Waals surface area contributed by atoms with Crippen LogP contribution in [0.5, 0.6) is 0 Å². The molecule has 1 aliphatic carbocycles. The quantitative estimate of drug-likeness (QED) is 0.553. The van der Waals surface area contributed by atoms with Crippen molar-refractivity contribution < 1.29 is 23.5 Å². The zero-order valence-electron chi connectivity index (χ0n) is 17.9. The van der Waals surface area contributed by atoms with Crippen LogP contribution in [0.3, 0.4) is 0 Å². The van der Waals surface area contributed by atoms with E-state index in [0.29, 0.717) is 23.2 Å². The Morgan fingerprint density at radius 3 is 2.43 bits per heavy atom.